The second-order valence-corrected chi connectivity index (χ2v) is 5.57. The second-order valence-electron chi connectivity index (χ2n) is 5.57. The van der Waals surface area contributed by atoms with E-state index < -0.39 is 23.5 Å². The molecule has 1 aliphatic rings. The van der Waals surface area contributed by atoms with E-state index in [1.807, 2.05) is 0 Å². The maximum absolute atomic E-state index is 12.6. The van der Waals surface area contributed by atoms with Gasteiger partial charge in [-0.15, -0.1) is 0 Å². The average molecular weight is 281 g/mol. The van der Waals surface area contributed by atoms with Gasteiger partial charge in [-0.05, 0) is 45.7 Å². The number of likely N-dealkylation sites (tertiary alicyclic amines) is 1. The van der Waals surface area contributed by atoms with E-state index in [9.17, 15) is 18.0 Å². The number of primary amides is 1. The van der Waals surface area contributed by atoms with Gasteiger partial charge in [-0.1, -0.05) is 0 Å². The van der Waals surface area contributed by atoms with Crippen LogP contribution in [0.3, 0.4) is 0 Å². The van der Waals surface area contributed by atoms with Crippen LogP contribution in [0.4, 0.5) is 13.2 Å². The SMILES string of the molecule is CC(N)(CCCN1CCCC(C(F)(F)F)C1)C(N)=O. The molecule has 1 fully saturated rings. The Morgan fingerprint density at radius 3 is 2.58 bits per heavy atom. The van der Waals surface area contributed by atoms with Crippen LogP contribution in [0.5, 0.6) is 0 Å². The van der Waals surface area contributed by atoms with Crippen LogP contribution in [0, 0.1) is 5.92 Å². The third-order valence-corrected chi connectivity index (χ3v) is 3.70. The zero-order valence-corrected chi connectivity index (χ0v) is 11.2. The molecule has 19 heavy (non-hydrogen) atoms. The fourth-order valence-electron chi connectivity index (χ4n) is 2.32. The summed E-state index contributed by atoms with van der Waals surface area (Å²) < 4.78 is 37.9. The normalized spacial score (nSPS) is 25.0. The molecule has 1 rings (SSSR count). The molecule has 2 atom stereocenters. The van der Waals surface area contributed by atoms with E-state index in [-0.39, 0.29) is 13.0 Å². The van der Waals surface area contributed by atoms with Crippen LogP contribution in [0.25, 0.3) is 0 Å². The van der Waals surface area contributed by atoms with Crippen LogP contribution in [-0.4, -0.2) is 42.2 Å². The number of amides is 1. The summed E-state index contributed by atoms with van der Waals surface area (Å²) in [7, 11) is 0. The molecule has 1 heterocycles. The molecule has 0 aromatic heterocycles. The Balaban J connectivity index is 2.36. The van der Waals surface area contributed by atoms with Crippen molar-refractivity contribution < 1.29 is 18.0 Å². The van der Waals surface area contributed by atoms with E-state index in [0.29, 0.717) is 32.4 Å². The Morgan fingerprint density at radius 1 is 1.42 bits per heavy atom. The maximum atomic E-state index is 12.6. The van der Waals surface area contributed by atoms with Crippen molar-refractivity contribution in [2.24, 2.45) is 17.4 Å². The summed E-state index contributed by atoms with van der Waals surface area (Å²) in [5, 5.41) is 0. The van der Waals surface area contributed by atoms with Crippen molar-refractivity contribution in [3.8, 4) is 0 Å². The van der Waals surface area contributed by atoms with Crippen LogP contribution >= 0.6 is 0 Å². The van der Waals surface area contributed by atoms with E-state index in [2.05, 4.69) is 0 Å². The summed E-state index contributed by atoms with van der Waals surface area (Å²) in [6, 6.07) is 0. The van der Waals surface area contributed by atoms with Gasteiger partial charge in [0.2, 0.25) is 5.91 Å². The molecule has 0 radical (unpaired) electrons. The van der Waals surface area contributed by atoms with E-state index in [1.165, 1.54) is 0 Å². The molecule has 1 saturated heterocycles. The summed E-state index contributed by atoms with van der Waals surface area (Å²) >= 11 is 0. The first-order chi connectivity index (χ1) is 8.63. The van der Waals surface area contributed by atoms with Gasteiger partial charge >= 0.3 is 6.18 Å². The molecule has 1 aliphatic heterocycles. The molecular weight excluding hydrogens is 259 g/mol. The summed E-state index contributed by atoms with van der Waals surface area (Å²) in [5.41, 5.74) is 9.76. The molecule has 4 nitrogen and oxygen atoms in total. The van der Waals surface area contributed by atoms with Gasteiger partial charge in [0.25, 0.3) is 0 Å². The maximum Gasteiger partial charge on any atom is 0.393 e. The van der Waals surface area contributed by atoms with Crippen molar-refractivity contribution in [1.29, 1.82) is 0 Å². The minimum absolute atomic E-state index is 0.0430. The fourth-order valence-corrected chi connectivity index (χ4v) is 2.32. The summed E-state index contributed by atoms with van der Waals surface area (Å²) in [6.45, 7) is 2.78. The first-order valence-corrected chi connectivity index (χ1v) is 6.51. The molecule has 0 bridgehead atoms. The van der Waals surface area contributed by atoms with Gasteiger partial charge in [-0.2, -0.15) is 13.2 Å². The lowest BCUT2D eigenvalue weighted by molar-refractivity contribution is -0.186. The van der Waals surface area contributed by atoms with Gasteiger partial charge in [0, 0.05) is 6.54 Å². The number of nitrogens with two attached hydrogens (primary N) is 2. The molecule has 1 amide bonds. The number of rotatable bonds is 5. The van der Waals surface area contributed by atoms with Crippen molar-refractivity contribution in [3.05, 3.63) is 0 Å². The zero-order valence-electron chi connectivity index (χ0n) is 11.2. The zero-order chi connectivity index (χ0) is 14.7. The standard InChI is InChI=1S/C12H22F3N3O/c1-11(17,10(16)19)5-3-7-18-6-2-4-9(8-18)12(13,14)15/h9H,2-8,17H2,1H3,(H2,16,19). The third kappa shape index (κ3) is 4.99. The monoisotopic (exact) mass is 281 g/mol. The van der Waals surface area contributed by atoms with E-state index in [1.54, 1.807) is 11.8 Å². The number of alkyl halides is 3. The number of hydrogen-bond acceptors (Lipinski definition) is 3. The first-order valence-electron chi connectivity index (χ1n) is 6.51. The number of nitrogens with zero attached hydrogens (tertiary/aromatic N) is 1. The first kappa shape index (κ1) is 16.2. The lowest BCUT2D eigenvalue weighted by atomic mass is 9.94. The minimum atomic E-state index is -4.12. The molecule has 7 heteroatoms. The lowest BCUT2D eigenvalue weighted by Crippen LogP contribution is -2.50. The van der Waals surface area contributed by atoms with Crippen molar-refractivity contribution in [2.45, 2.75) is 44.3 Å². The number of halogens is 3. The molecular formula is C12H22F3N3O. The highest BCUT2D eigenvalue weighted by Crippen LogP contribution is 2.33. The van der Waals surface area contributed by atoms with Crippen molar-refractivity contribution in [2.75, 3.05) is 19.6 Å². The molecule has 112 valence electrons. The Kier molecular flexibility index (Phi) is 5.20. The predicted octanol–water partition coefficient (Wildman–Crippen LogP) is 1.24. The molecule has 0 aromatic rings. The number of carbonyl (C=O) groups excluding carboxylic acids is 1. The number of carbonyl (C=O) groups is 1. The molecule has 0 spiro atoms. The predicted molar refractivity (Wildman–Crippen MR) is 66.2 cm³/mol. The van der Waals surface area contributed by atoms with Crippen LogP contribution in [0.15, 0.2) is 0 Å². The van der Waals surface area contributed by atoms with Gasteiger partial charge in [-0.25, -0.2) is 0 Å². The van der Waals surface area contributed by atoms with E-state index in [4.69, 9.17) is 11.5 Å². The van der Waals surface area contributed by atoms with Gasteiger partial charge in [0.15, 0.2) is 0 Å². The Bertz CT molecular complexity index is 318. The van der Waals surface area contributed by atoms with Crippen LogP contribution in [0.2, 0.25) is 0 Å². The number of hydrogen-bond donors (Lipinski definition) is 2. The third-order valence-electron chi connectivity index (χ3n) is 3.70. The summed E-state index contributed by atoms with van der Waals surface area (Å²) in [5.74, 6) is -1.82. The highest BCUT2D eigenvalue weighted by Gasteiger charge is 2.41. The van der Waals surface area contributed by atoms with Crippen molar-refractivity contribution in [3.63, 3.8) is 0 Å². The Labute approximate surface area is 111 Å². The fraction of sp³-hybridized carbons (Fsp3) is 0.917. The van der Waals surface area contributed by atoms with Crippen LogP contribution in [-0.2, 0) is 4.79 Å². The average Bonchev–Trinajstić information content (AvgIpc) is 2.28. The molecule has 2 unspecified atom stereocenters. The largest absolute Gasteiger partial charge is 0.393 e. The van der Waals surface area contributed by atoms with Gasteiger partial charge in [0.1, 0.15) is 0 Å². The second kappa shape index (κ2) is 6.09. The summed E-state index contributed by atoms with van der Waals surface area (Å²) in [4.78, 5) is 12.8. The van der Waals surface area contributed by atoms with E-state index in [0.717, 1.165) is 0 Å². The van der Waals surface area contributed by atoms with Gasteiger partial charge < -0.3 is 16.4 Å². The number of piperidine rings is 1. The quantitative estimate of drug-likeness (QED) is 0.796. The minimum Gasteiger partial charge on any atom is -0.368 e. The van der Waals surface area contributed by atoms with Gasteiger partial charge in [0.05, 0.1) is 11.5 Å². The van der Waals surface area contributed by atoms with Crippen molar-refractivity contribution >= 4 is 5.91 Å². The highest BCUT2D eigenvalue weighted by atomic mass is 19.4. The lowest BCUT2D eigenvalue weighted by Gasteiger charge is -2.34. The Hall–Kier alpha value is -0.820. The Morgan fingerprint density at radius 2 is 2.05 bits per heavy atom. The molecule has 4 N–H and O–H groups in total. The summed E-state index contributed by atoms with van der Waals surface area (Å²) in [6.07, 6.45) is -2.40. The molecule has 0 aromatic carbocycles. The smallest absolute Gasteiger partial charge is 0.368 e. The molecule has 0 aliphatic carbocycles. The van der Waals surface area contributed by atoms with Crippen molar-refractivity contribution in [1.82, 2.24) is 4.90 Å². The van der Waals surface area contributed by atoms with Crippen LogP contribution < -0.4 is 11.5 Å². The van der Waals surface area contributed by atoms with E-state index >= 15 is 0 Å². The van der Waals surface area contributed by atoms with Crippen LogP contribution in [0.1, 0.15) is 32.6 Å². The molecule has 0 saturated carbocycles. The highest BCUT2D eigenvalue weighted by molar-refractivity contribution is 5.83. The topological polar surface area (TPSA) is 72.3 Å². The van der Waals surface area contributed by atoms with Gasteiger partial charge in [-0.3, -0.25) is 4.79 Å².